The predicted octanol–water partition coefficient (Wildman–Crippen LogP) is 2.40. The van der Waals surface area contributed by atoms with Crippen molar-refractivity contribution in [3.63, 3.8) is 0 Å². The van der Waals surface area contributed by atoms with Crippen molar-refractivity contribution in [2.45, 2.75) is 32.9 Å². The van der Waals surface area contributed by atoms with Gasteiger partial charge in [-0.3, -0.25) is 4.79 Å². The molecule has 0 aliphatic rings. The number of nitrogens with one attached hydrogen (secondary N) is 1. The fraction of sp³-hybridized carbons (Fsp3) is 0.462. The molecule has 1 aromatic carbocycles. The molecule has 1 atom stereocenters. The summed E-state index contributed by atoms with van der Waals surface area (Å²) in [7, 11) is 0. The number of hydrogen-bond donors (Lipinski definition) is 1. The van der Waals surface area contributed by atoms with Gasteiger partial charge in [-0.05, 0) is 19.4 Å². The molecule has 5 heteroatoms. The maximum absolute atomic E-state index is 13.4. The Hall–Kier alpha value is -1.49. The smallest absolute Gasteiger partial charge is 0.323 e. The van der Waals surface area contributed by atoms with Crippen molar-refractivity contribution >= 4 is 5.97 Å². The molecular formula is C13H17F2NO2. The Morgan fingerprint density at radius 3 is 2.67 bits per heavy atom. The second kappa shape index (κ2) is 7.06. The summed E-state index contributed by atoms with van der Waals surface area (Å²) in [6.07, 6.45) is 0.543. The molecule has 0 bridgehead atoms. The van der Waals surface area contributed by atoms with Crippen molar-refractivity contribution < 1.29 is 18.3 Å². The van der Waals surface area contributed by atoms with Gasteiger partial charge in [0, 0.05) is 18.2 Å². The Bertz CT molecular complexity index is 410. The highest BCUT2D eigenvalue weighted by Gasteiger charge is 2.17. The van der Waals surface area contributed by atoms with Gasteiger partial charge in [0.2, 0.25) is 0 Å². The number of esters is 1. The van der Waals surface area contributed by atoms with Gasteiger partial charge in [-0.15, -0.1) is 0 Å². The van der Waals surface area contributed by atoms with Crippen molar-refractivity contribution in [1.82, 2.24) is 5.32 Å². The first kappa shape index (κ1) is 14.6. The Morgan fingerprint density at radius 1 is 1.39 bits per heavy atom. The van der Waals surface area contributed by atoms with Crippen LogP contribution in [0.1, 0.15) is 25.8 Å². The third kappa shape index (κ3) is 4.07. The fourth-order valence-corrected chi connectivity index (χ4v) is 1.54. The number of halogens is 2. The Morgan fingerprint density at radius 2 is 2.11 bits per heavy atom. The van der Waals surface area contributed by atoms with Crippen molar-refractivity contribution in [2.75, 3.05) is 6.61 Å². The Balaban J connectivity index is 2.59. The number of hydrogen-bond acceptors (Lipinski definition) is 3. The molecule has 3 nitrogen and oxygen atoms in total. The van der Waals surface area contributed by atoms with E-state index in [4.69, 9.17) is 4.74 Å². The van der Waals surface area contributed by atoms with E-state index in [-0.39, 0.29) is 12.5 Å². The highest BCUT2D eigenvalue weighted by atomic mass is 19.1. The largest absolute Gasteiger partial charge is 0.465 e. The molecule has 0 saturated carbocycles. The first-order chi connectivity index (χ1) is 8.58. The lowest BCUT2D eigenvalue weighted by molar-refractivity contribution is -0.145. The van der Waals surface area contributed by atoms with E-state index in [2.05, 4.69) is 5.32 Å². The summed E-state index contributed by atoms with van der Waals surface area (Å²) in [6.45, 7) is 4.02. The monoisotopic (exact) mass is 257 g/mol. The van der Waals surface area contributed by atoms with Crippen molar-refractivity contribution in [1.29, 1.82) is 0 Å². The molecule has 0 aliphatic carbocycles. The van der Waals surface area contributed by atoms with Gasteiger partial charge in [0.15, 0.2) is 0 Å². The molecule has 18 heavy (non-hydrogen) atoms. The standard InChI is InChI=1S/C13H17F2NO2/c1-3-12(13(17)18-4-2)16-8-9-5-6-10(14)7-11(9)15/h5-7,12,16H,3-4,8H2,1-2H3. The predicted molar refractivity (Wildman–Crippen MR) is 63.9 cm³/mol. The molecule has 0 heterocycles. The maximum Gasteiger partial charge on any atom is 0.323 e. The molecule has 0 aliphatic heterocycles. The molecule has 1 N–H and O–H groups in total. The van der Waals surface area contributed by atoms with Crippen LogP contribution in [0.3, 0.4) is 0 Å². The van der Waals surface area contributed by atoms with Crippen molar-refractivity contribution in [3.8, 4) is 0 Å². The summed E-state index contributed by atoms with van der Waals surface area (Å²) in [6, 6.07) is 2.89. The summed E-state index contributed by atoms with van der Waals surface area (Å²) in [5.74, 6) is -1.60. The number of benzene rings is 1. The minimum absolute atomic E-state index is 0.156. The molecular weight excluding hydrogens is 240 g/mol. The lowest BCUT2D eigenvalue weighted by Crippen LogP contribution is -2.37. The number of carbonyl (C=O) groups excluding carboxylic acids is 1. The molecule has 0 saturated heterocycles. The van der Waals surface area contributed by atoms with Crippen LogP contribution in [0.2, 0.25) is 0 Å². The van der Waals surface area contributed by atoms with Crippen LogP contribution >= 0.6 is 0 Å². The van der Waals surface area contributed by atoms with Gasteiger partial charge in [-0.1, -0.05) is 13.0 Å². The summed E-state index contributed by atoms with van der Waals surface area (Å²) in [4.78, 5) is 11.5. The molecule has 0 fully saturated rings. The van der Waals surface area contributed by atoms with E-state index in [1.54, 1.807) is 6.92 Å². The van der Waals surface area contributed by atoms with Gasteiger partial charge >= 0.3 is 5.97 Å². The van der Waals surface area contributed by atoms with Crippen LogP contribution in [0.15, 0.2) is 18.2 Å². The highest BCUT2D eigenvalue weighted by Crippen LogP contribution is 2.09. The summed E-state index contributed by atoms with van der Waals surface area (Å²) >= 11 is 0. The van der Waals surface area contributed by atoms with Gasteiger partial charge in [0.05, 0.1) is 6.61 Å². The van der Waals surface area contributed by atoms with Gasteiger partial charge < -0.3 is 10.1 Å². The second-order valence-electron chi connectivity index (χ2n) is 3.83. The molecule has 1 unspecified atom stereocenters. The third-order valence-corrected chi connectivity index (χ3v) is 2.53. The van der Waals surface area contributed by atoms with Gasteiger partial charge in [-0.2, -0.15) is 0 Å². The summed E-state index contributed by atoms with van der Waals surface area (Å²) in [5.41, 5.74) is 0.319. The van der Waals surface area contributed by atoms with Crippen molar-refractivity contribution in [3.05, 3.63) is 35.4 Å². The van der Waals surface area contributed by atoms with E-state index >= 15 is 0 Å². The van der Waals surface area contributed by atoms with Crippen molar-refractivity contribution in [2.24, 2.45) is 0 Å². The molecule has 0 spiro atoms. The minimum atomic E-state index is -0.624. The molecule has 0 radical (unpaired) electrons. The zero-order valence-electron chi connectivity index (χ0n) is 10.5. The van der Waals surface area contributed by atoms with E-state index in [1.165, 1.54) is 12.1 Å². The van der Waals surface area contributed by atoms with Gasteiger partial charge in [0.25, 0.3) is 0 Å². The third-order valence-electron chi connectivity index (χ3n) is 2.53. The second-order valence-corrected chi connectivity index (χ2v) is 3.83. The van der Waals surface area contributed by atoms with E-state index in [1.807, 2.05) is 6.92 Å². The topological polar surface area (TPSA) is 38.3 Å². The quantitative estimate of drug-likeness (QED) is 0.795. The number of ether oxygens (including phenoxy) is 1. The van der Waals surface area contributed by atoms with Crippen LogP contribution in [-0.4, -0.2) is 18.6 Å². The van der Waals surface area contributed by atoms with Crippen LogP contribution in [0.5, 0.6) is 0 Å². The fourth-order valence-electron chi connectivity index (χ4n) is 1.54. The average molecular weight is 257 g/mol. The summed E-state index contributed by atoms with van der Waals surface area (Å²) in [5, 5.41) is 2.89. The SMILES string of the molecule is CCOC(=O)C(CC)NCc1ccc(F)cc1F. The van der Waals surface area contributed by atoms with E-state index in [0.29, 0.717) is 18.6 Å². The Labute approximate surface area is 105 Å². The zero-order valence-corrected chi connectivity index (χ0v) is 10.5. The first-order valence-corrected chi connectivity index (χ1v) is 5.92. The molecule has 0 amide bonds. The van der Waals surface area contributed by atoms with Crippen LogP contribution < -0.4 is 5.32 Å². The number of carbonyl (C=O) groups is 1. The van der Waals surface area contributed by atoms with Gasteiger partial charge in [0.1, 0.15) is 17.7 Å². The molecule has 0 aromatic heterocycles. The molecule has 1 rings (SSSR count). The first-order valence-electron chi connectivity index (χ1n) is 5.92. The zero-order chi connectivity index (χ0) is 13.5. The van der Waals surface area contributed by atoms with E-state index < -0.39 is 17.7 Å². The highest BCUT2D eigenvalue weighted by molar-refractivity contribution is 5.75. The Kier molecular flexibility index (Phi) is 5.71. The van der Waals surface area contributed by atoms with Crippen LogP contribution in [-0.2, 0) is 16.1 Å². The molecule has 100 valence electrons. The minimum Gasteiger partial charge on any atom is -0.465 e. The van der Waals surface area contributed by atoms with Crippen LogP contribution in [0.4, 0.5) is 8.78 Å². The normalized spacial score (nSPS) is 12.2. The maximum atomic E-state index is 13.4. The van der Waals surface area contributed by atoms with Gasteiger partial charge in [-0.25, -0.2) is 8.78 Å². The lowest BCUT2D eigenvalue weighted by Gasteiger charge is -2.15. The van der Waals surface area contributed by atoms with Crippen LogP contribution in [0, 0.1) is 11.6 Å². The average Bonchev–Trinajstić information content (AvgIpc) is 2.32. The molecule has 1 aromatic rings. The lowest BCUT2D eigenvalue weighted by atomic mass is 10.1. The van der Waals surface area contributed by atoms with Crippen LogP contribution in [0.25, 0.3) is 0 Å². The van der Waals surface area contributed by atoms with E-state index in [0.717, 1.165) is 6.07 Å². The number of rotatable bonds is 6. The van der Waals surface area contributed by atoms with E-state index in [9.17, 15) is 13.6 Å². The summed E-state index contributed by atoms with van der Waals surface area (Å²) < 4.78 is 30.9.